The quantitative estimate of drug-likeness (QED) is 0.371. The van der Waals surface area contributed by atoms with Gasteiger partial charge in [-0.2, -0.15) is 0 Å². The van der Waals surface area contributed by atoms with Gasteiger partial charge in [0.25, 0.3) is 0 Å². The van der Waals surface area contributed by atoms with E-state index in [-0.39, 0.29) is 11.9 Å². The molecule has 1 atom stereocenters. The first-order chi connectivity index (χ1) is 2.80. The summed E-state index contributed by atoms with van der Waals surface area (Å²) in [6, 6.07) is 0. The third-order valence-corrected chi connectivity index (χ3v) is 0.705. The molecule has 0 saturated carbocycles. The summed E-state index contributed by atoms with van der Waals surface area (Å²) in [4.78, 5) is 0. The van der Waals surface area contributed by atoms with Crippen LogP contribution in [0.5, 0.6) is 0 Å². The van der Waals surface area contributed by atoms with E-state index in [1.54, 1.807) is 0 Å². The lowest BCUT2D eigenvalue weighted by Gasteiger charge is -1.80. The molecule has 2 heteroatoms. The van der Waals surface area contributed by atoms with E-state index in [1.807, 2.05) is 0 Å². The van der Waals surface area contributed by atoms with Gasteiger partial charge < -0.3 is 9.84 Å². The Morgan fingerprint density at radius 3 is 2.50 bits per heavy atom. The third kappa shape index (κ3) is 0.518. The Hall–Kier alpha value is -0.500. The third-order valence-electron chi connectivity index (χ3n) is 0.705. The van der Waals surface area contributed by atoms with E-state index in [0.29, 0.717) is 6.61 Å². The molecule has 1 N–H and O–H groups in total. The van der Waals surface area contributed by atoms with Crippen molar-refractivity contribution in [2.75, 3.05) is 6.61 Å². The van der Waals surface area contributed by atoms with Crippen molar-refractivity contribution in [1.82, 2.24) is 0 Å². The number of epoxide rings is 1. The van der Waals surface area contributed by atoms with Gasteiger partial charge in [0.15, 0.2) is 0 Å². The first-order valence-electron chi connectivity index (χ1n) is 1.80. The molecule has 34 valence electrons. The Morgan fingerprint density at radius 1 is 2.00 bits per heavy atom. The molecule has 1 saturated heterocycles. The maximum atomic E-state index is 8.37. The molecule has 0 aromatic rings. The molecule has 1 unspecified atom stereocenters. The largest absolute Gasteiger partial charge is 0.510 e. The normalized spacial score (nSPS) is 29.7. The van der Waals surface area contributed by atoms with E-state index < -0.39 is 0 Å². The Bertz CT molecular complexity index is 73.6. The number of aliphatic hydroxyl groups excluding tert-OH is 1. The topological polar surface area (TPSA) is 32.8 Å². The second-order valence-electron chi connectivity index (χ2n) is 1.31. The van der Waals surface area contributed by atoms with Crippen LogP contribution in [0.25, 0.3) is 0 Å². The van der Waals surface area contributed by atoms with Gasteiger partial charge in [-0.25, -0.2) is 0 Å². The van der Waals surface area contributed by atoms with Gasteiger partial charge in [-0.1, -0.05) is 6.58 Å². The molecule has 0 aromatic heterocycles. The Morgan fingerprint density at radius 2 is 2.50 bits per heavy atom. The van der Waals surface area contributed by atoms with Gasteiger partial charge in [0.2, 0.25) is 0 Å². The molecule has 0 amide bonds. The molecule has 0 aromatic carbocycles. The maximum absolute atomic E-state index is 8.37. The zero-order chi connectivity index (χ0) is 4.57. The first kappa shape index (κ1) is 3.68. The van der Waals surface area contributed by atoms with Crippen LogP contribution in [-0.2, 0) is 4.74 Å². The molecule has 1 aliphatic rings. The van der Waals surface area contributed by atoms with Gasteiger partial charge in [0.05, 0.1) is 6.61 Å². The molecule has 1 aliphatic heterocycles. The standard InChI is InChI=1S/C4H6O2/c1-3(5)4-2-6-4/h4-5H,1-2H2. The fraction of sp³-hybridized carbons (Fsp3) is 0.500. The van der Waals surface area contributed by atoms with Gasteiger partial charge >= 0.3 is 0 Å². The summed E-state index contributed by atoms with van der Waals surface area (Å²) in [7, 11) is 0. The van der Waals surface area contributed by atoms with Crippen molar-refractivity contribution in [3.8, 4) is 0 Å². The monoisotopic (exact) mass is 86.0 g/mol. The van der Waals surface area contributed by atoms with Crippen LogP contribution in [0.4, 0.5) is 0 Å². The van der Waals surface area contributed by atoms with Crippen molar-refractivity contribution < 1.29 is 9.84 Å². The lowest BCUT2D eigenvalue weighted by Crippen LogP contribution is -1.85. The predicted molar refractivity (Wildman–Crippen MR) is 21.5 cm³/mol. The summed E-state index contributed by atoms with van der Waals surface area (Å²) in [6.07, 6.45) is -0.0370. The van der Waals surface area contributed by atoms with Crippen LogP contribution < -0.4 is 0 Å². The zero-order valence-corrected chi connectivity index (χ0v) is 3.35. The van der Waals surface area contributed by atoms with Crippen LogP contribution in [0.15, 0.2) is 12.3 Å². The Kier molecular flexibility index (Phi) is 0.601. The average Bonchev–Trinajstić information content (AvgIpc) is 2.06. The lowest BCUT2D eigenvalue weighted by atomic mass is 10.4. The van der Waals surface area contributed by atoms with Crippen LogP contribution in [0.2, 0.25) is 0 Å². The molecule has 1 rings (SSSR count). The molecular formula is C4H6O2. The second-order valence-corrected chi connectivity index (χ2v) is 1.31. The van der Waals surface area contributed by atoms with Crippen LogP contribution in [0, 0.1) is 0 Å². The number of ether oxygens (including phenoxy) is 1. The maximum Gasteiger partial charge on any atom is 0.137 e. The molecule has 1 heterocycles. The lowest BCUT2D eigenvalue weighted by molar-refractivity contribution is 0.328. The number of rotatable bonds is 1. The summed E-state index contributed by atoms with van der Waals surface area (Å²) >= 11 is 0. The highest BCUT2D eigenvalue weighted by Gasteiger charge is 2.24. The van der Waals surface area contributed by atoms with Gasteiger partial charge in [-0.05, 0) is 0 Å². The van der Waals surface area contributed by atoms with Gasteiger partial charge in [0.1, 0.15) is 11.9 Å². The van der Waals surface area contributed by atoms with Crippen LogP contribution in [-0.4, -0.2) is 17.8 Å². The van der Waals surface area contributed by atoms with Crippen molar-refractivity contribution in [2.45, 2.75) is 6.10 Å². The fourth-order valence-corrected chi connectivity index (χ4v) is 0.240. The van der Waals surface area contributed by atoms with Crippen LogP contribution >= 0.6 is 0 Å². The highest BCUT2D eigenvalue weighted by molar-refractivity contribution is 4.96. The highest BCUT2D eigenvalue weighted by atomic mass is 16.6. The number of aliphatic hydroxyl groups is 1. The summed E-state index contributed by atoms with van der Waals surface area (Å²) < 4.78 is 4.62. The summed E-state index contributed by atoms with van der Waals surface area (Å²) in [5.74, 6) is 0.148. The minimum absolute atomic E-state index is 0.0370. The van der Waals surface area contributed by atoms with Crippen molar-refractivity contribution in [2.24, 2.45) is 0 Å². The molecule has 0 aliphatic carbocycles. The van der Waals surface area contributed by atoms with E-state index >= 15 is 0 Å². The molecule has 0 radical (unpaired) electrons. The van der Waals surface area contributed by atoms with E-state index in [4.69, 9.17) is 5.11 Å². The summed E-state index contributed by atoms with van der Waals surface area (Å²) in [6.45, 7) is 3.90. The van der Waals surface area contributed by atoms with E-state index in [0.717, 1.165) is 0 Å². The zero-order valence-electron chi connectivity index (χ0n) is 3.35. The number of hydrogen-bond acceptors (Lipinski definition) is 2. The van der Waals surface area contributed by atoms with Gasteiger partial charge in [-0.3, -0.25) is 0 Å². The van der Waals surface area contributed by atoms with Crippen LogP contribution in [0.1, 0.15) is 0 Å². The minimum Gasteiger partial charge on any atom is -0.510 e. The van der Waals surface area contributed by atoms with E-state index in [9.17, 15) is 0 Å². The van der Waals surface area contributed by atoms with E-state index in [2.05, 4.69) is 11.3 Å². The van der Waals surface area contributed by atoms with Crippen molar-refractivity contribution in [3.05, 3.63) is 12.3 Å². The molecule has 0 bridgehead atoms. The summed E-state index contributed by atoms with van der Waals surface area (Å²) in [5, 5.41) is 8.37. The fourth-order valence-electron chi connectivity index (χ4n) is 0.240. The van der Waals surface area contributed by atoms with Gasteiger partial charge in [0, 0.05) is 0 Å². The second kappa shape index (κ2) is 0.980. The Labute approximate surface area is 36.0 Å². The van der Waals surface area contributed by atoms with E-state index in [1.165, 1.54) is 0 Å². The first-order valence-corrected chi connectivity index (χ1v) is 1.80. The van der Waals surface area contributed by atoms with Crippen molar-refractivity contribution in [1.29, 1.82) is 0 Å². The highest BCUT2D eigenvalue weighted by Crippen LogP contribution is 2.14. The molecule has 2 nitrogen and oxygen atoms in total. The Balaban J connectivity index is 2.31. The van der Waals surface area contributed by atoms with Gasteiger partial charge in [-0.15, -0.1) is 0 Å². The van der Waals surface area contributed by atoms with Crippen LogP contribution in [0.3, 0.4) is 0 Å². The molecule has 1 fully saturated rings. The van der Waals surface area contributed by atoms with Crippen molar-refractivity contribution in [3.63, 3.8) is 0 Å². The number of hydrogen-bond donors (Lipinski definition) is 1. The average molecular weight is 86.1 g/mol. The summed E-state index contributed by atoms with van der Waals surface area (Å²) in [5.41, 5.74) is 0. The minimum atomic E-state index is -0.0370. The SMILES string of the molecule is C=C(O)C1CO1. The molecule has 6 heavy (non-hydrogen) atoms. The predicted octanol–water partition coefficient (Wildman–Crippen LogP) is 0.457. The van der Waals surface area contributed by atoms with Crippen molar-refractivity contribution >= 4 is 0 Å². The smallest absolute Gasteiger partial charge is 0.137 e. The molecule has 0 spiro atoms. The molecular weight excluding hydrogens is 80.0 g/mol.